The van der Waals surface area contributed by atoms with Crippen molar-refractivity contribution >= 4 is 15.8 Å². The number of rotatable bonds is 5. The number of carboxylic acids is 1. The number of aryl methyl sites for hydroxylation is 1. The Labute approximate surface area is 99.0 Å². The molecule has 94 valence electrons. The van der Waals surface area contributed by atoms with Gasteiger partial charge in [0.2, 0.25) is 0 Å². The van der Waals surface area contributed by atoms with Crippen molar-refractivity contribution in [3.63, 3.8) is 0 Å². The summed E-state index contributed by atoms with van der Waals surface area (Å²) in [6.45, 7) is 1.68. The van der Waals surface area contributed by atoms with E-state index in [0.717, 1.165) is 6.07 Å². The lowest BCUT2D eigenvalue weighted by Crippen LogP contribution is -2.13. The second kappa shape index (κ2) is 5.27. The highest BCUT2D eigenvalue weighted by Gasteiger charge is 2.15. The van der Waals surface area contributed by atoms with E-state index >= 15 is 0 Å². The molecular formula is C11H13FO4S. The molecule has 0 amide bonds. The Kier molecular flexibility index (Phi) is 4.22. The average molecular weight is 260 g/mol. The van der Waals surface area contributed by atoms with E-state index in [0.29, 0.717) is 11.1 Å². The summed E-state index contributed by atoms with van der Waals surface area (Å²) in [6.07, 6.45) is -0.434. The van der Waals surface area contributed by atoms with Crippen LogP contribution in [-0.2, 0) is 20.4 Å². The minimum Gasteiger partial charge on any atom is -0.481 e. The Morgan fingerprint density at radius 2 is 2.06 bits per heavy atom. The van der Waals surface area contributed by atoms with Crippen molar-refractivity contribution in [2.24, 2.45) is 0 Å². The van der Waals surface area contributed by atoms with Crippen LogP contribution in [0, 0.1) is 12.7 Å². The van der Waals surface area contributed by atoms with Crippen LogP contribution in [0.5, 0.6) is 0 Å². The van der Waals surface area contributed by atoms with E-state index in [2.05, 4.69) is 0 Å². The minimum absolute atomic E-state index is 0.329. The third-order valence-electron chi connectivity index (χ3n) is 2.31. The predicted molar refractivity (Wildman–Crippen MR) is 60.9 cm³/mol. The lowest BCUT2D eigenvalue weighted by Gasteiger charge is -2.06. The van der Waals surface area contributed by atoms with Gasteiger partial charge in [0.1, 0.15) is 5.82 Å². The summed E-state index contributed by atoms with van der Waals surface area (Å²) in [5, 5.41) is 8.42. The fourth-order valence-corrected chi connectivity index (χ4v) is 2.76. The molecule has 1 N–H and O–H groups in total. The Bertz CT molecular complexity index is 522. The van der Waals surface area contributed by atoms with Gasteiger partial charge in [-0.1, -0.05) is 6.07 Å². The smallest absolute Gasteiger partial charge is 0.304 e. The monoisotopic (exact) mass is 260 g/mol. The number of aliphatic carboxylic acids is 1. The molecule has 0 radical (unpaired) electrons. The molecule has 0 aliphatic heterocycles. The largest absolute Gasteiger partial charge is 0.481 e. The number of carboxylic acid groups (broad SMARTS) is 1. The maximum absolute atomic E-state index is 12.9. The molecule has 6 heteroatoms. The summed E-state index contributed by atoms with van der Waals surface area (Å²) < 4.78 is 36.1. The van der Waals surface area contributed by atoms with Crippen LogP contribution in [-0.4, -0.2) is 25.2 Å². The standard InChI is InChI=1S/C11H13FO4S/c1-8-2-3-10(12)6-9(8)7-17(15,16)5-4-11(13)14/h2-3,6H,4-5,7H2,1H3,(H,13,14). The van der Waals surface area contributed by atoms with Gasteiger partial charge < -0.3 is 5.11 Å². The van der Waals surface area contributed by atoms with Crippen molar-refractivity contribution in [2.75, 3.05) is 5.75 Å². The number of benzene rings is 1. The fourth-order valence-electron chi connectivity index (χ4n) is 1.35. The van der Waals surface area contributed by atoms with E-state index in [1.54, 1.807) is 6.92 Å². The molecule has 0 bridgehead atoms. The Morgan fingerprint density at radius 1 is 1.41 bits per heavy atom. The number of carbonyl (C=O) groups is 1. The van der Waals surface area contributed by atoms with Gasteiger partial charge in [-0.2, -0.15) is 0 Å². The Balaban J connectivity index is 2.83. The highest BCUT2D eigenvalue weighted by Crippen LogP contribution is 2.14. The van der Waals surface area contributed by atoms with Crippen molar-refractivity contribution in [2.45, 2.75) is 19.1 Å². The van der Waals surface area contributed by atoms with E-state index < -0.39 is 33.8 Å². The van der Waals surface area contributed by atoms with Crippen LogP contribution in [0.3, 0.4) is 0 Å². The summed E-state index contributed by atoms with van der Waals surface area (Å²) >= 11 is 0. The molecule has 17 heavy (non-hydrogen) atoms. The molecule has 0 saturated heterocycles. The Hall–Kier alpha value is -1.43. The van der Waals surface area contributed by atoms with Crippen molar-refractivity contribution < 1.29 is 22.7 Å². The molecular weight excluding hydrogens is 247 g/mol. The van der Waals surface area contributed by atoms with Crippen molar-refractivity contribution in [1.82, 2.24) is 0 Å². The van der Waals surface area contributed by atoms with Gasteiger partial charge in [-0.3, -0.25) is 4.79 Å². The summed E-state index contributed by atoms with van der Waals surface area (Å²) in [4.78, 5) is 10.3. The molecule has 0 atom stereocenters. The molecule has 0 heterocycles. The zero-order chi connectivity index (χ0) is 13.1. The van der Waals surface area contributed by atoms with Crippen molar-refractivity contribution in [3.8, 4) is 0 Å². The van der Waals surface area contributed by atoms with Gasteiger partial charge in [0.15, 0.2) is 9.84 Å². The highest BCUT2D eigenvalue weighted by molar-refractivity contribution is 7.90. The van der Waals surface area contributed by atoms with E-state index in [1.807, 2.05) is 0 Å². The van der Waals surface area contributed by atoms with Crippen LogP contribution in [0.1, 0.15) is 17.5 Å². The van der Waals surface area contributed by atoms with Crippen LogP contribution >= 0.6 is 0 Å². The van der Waals surface area contributed by atoms with Gasteiger partial charge in [0.25, 0.3) is 0 Å². The molecule has 0 spiro atoms. The first kappa shape index (κ1) is 13.6. The van der Waals surface area contributed by atoms with E-state index in [-0.39, 0.29) is 5.75 Å². The molecule has 0 aromatic heterocycles. The van der Waals surface area contributed by atoms with Gasteiger partial charge >= 0.3 is 5.97 Å². The van der Waals surface area contributed by atoms with Gasteiger partial charge in [0.05, 0.1) is 17.9 Å². The summed E-state index contributed by atoms with van der Waals surface area (Å²) in [5.41, 5.74) is 1.04. The third-order valence-corrected chi connectivity index (χ3v) is 3.89. The molecule has 4 nitrogen and oxygen atoms in total. The lowest BCUT2D eigenvalue weighted by atomic mass is 10.1. The maximum Gasteiger partial charge on any atom is 0.304 e. The first-order chi connectivity index (χ1) is 7.80. The highest BCUT2D eigenvalue weighted by atomic mass is 32.2. The average Bonchev–Trinajstić information content (AvgIpc) is 2.20. The number of hydrogen-bond acceptors (Lipinski definition) is 3. The third kappa shape index (κ3) is 4.52. The normalized spacial score (nSPS) is 11.4. The number of sulfone groups is 1. The summed E-state index contributed by atoms with van der Waals surface area (Å²) in [6, 6.07) is 3.91. The molecule has 0 aliphatic carbocycles. The molecule has 1 aromatic rings. The van der Waals surface area contributed by atoms with Crippen LogP contribution in [0.4, 0.5) is 4.39 Å². The summed E-state index contributed by atoms with van der Waals surface area (Å²) in [5.74, 6) is -2.43. The maximum atomic E-state index is 12.9. The van der Waals surface area contributed by atoms with Crippen molar-refractivity contribution in [3.05, 3.63) is 35.1 Å². The zero-order valence-electron chi connectivity index (χ0n) is 9.31. The SMILES string of the molecule is Cc1ccc(F)cc1CS(=O)(=O)CCC(=O)O. The van der Waals surface area contributed by atoms with Gasteiger partial charge in [-0.15, -0.1) is 0 Å². The first-order valence-electron chi connectivity index (χ1n) is 4.97. The molecule has 1 aromatic carbocycles. The first-order valence-corrected chi connectivity index (χ1v) is 6.79. The summed E-state index contributed by atoms with van der Waals surface area (Å²) in [7, 11) is -3.52. The van der Waals surface area contributed by atoms with Gasteiger partial charge in [0, 0.05) is 0 Å². The molecule has 0 fully saturated rings. The second-order valence-electron chi connectivity index (χ2n) is 3.81. The van der Waals surface area contributed by atoms with Crippen molar-refractivity contribution in [1.29, 1.82) is 0 Å². The molecule has 0 unspecified atom stereocenters. The molecule has 0 saturated carbocycles. The topological polar surface area (TPSA) is 71.4 Å². The fraction of sp³-hybridized carbons (Fsp3) is 0.364. The number of halogens is 1. The van der Waals surface area contributed by atoms with Crippen LogP contribution in [0.2, 0.25) is 0 Å². The van der Waals surface area contributed by atoms with Crippen LogP contribution < -0.4 is 0 Å². The van der Waals surface area contributed by atoms with Crippen LogP contribution in [0.15, 0.2) is 18.2 Å². The van der Waals surface area contributed by atoms with Crippen LogP contribution in [0.25, 0.3) is 0 Å². The zero-order valence-corrected chi connectivity index (χ0v) is 10.1. The van der Waals surface area contributed by atoms with E-state index in [9.17, 15) is 17.6 Å². The molecule has 1 rings (SSSR count). The van der Waals surface area contributed by atoms with E-state index in [4.69, 9.17) is 5.11 Å². The minimum atomic E-state index is -3.52. The number of hydrogen-bond donors (Lipinski definition) is 1. The Morgan fingerprint density at radius 3 is 2.65 bits per heavy atom. The van der Waals surface area contributed by atoms with Gasteiger partial charge in [-0.25, -0.2) is 12.8 Å². The predicted octanol–water partition coefficient (Wildman–Crippen LogP) is 1.52. The van der Waals surface area contributed by atoms with Gasteiger partial charge in [-0.05, 0) is 30.2 Å². The lowest BCUT2D eigenvalue weighted by molar-refractivity contribution is -0.136. The van der Waals surface area contributed by atoms with E-state index in [1.165, 1.54) is 12.1 Å². The molecule has 0 aliphatic rings. The quantitative estimate of drug-likeness (QED) is 0.871. The second-order valence-corrected chi connectivity index (χ2v) is 5.99.